The summed E-state index contributed by atoms with van der Waals surface area (Å²) in [6.07, 6.45) is 13.4. The molecule has 0 nitrogen and oxygen atoms in total. The molecule has 0 aromatic heterocycles. The summed E-state index contributed by atoms with van der Waals surface area (Å²) in [5.74, 6) is 0.525. The van der Waals surface area contributed by atoms with Crippen LogP contribution in [0, 0.1) is 12.8 Å². The van der Waals surface area contributed by atoms with Gasteiger partial charge in [0.15, 0.2) is 0 Å². The molecule has 0 fully saturated rings. The maximum absolute atomic E-state index is 2.36. The van der Waals surface area contributed by atoms with Crippen molar-refractivity contribution in [2.24, 2.45) is 5.92 Å². The van der Waals surface area contributed by atoms with Gasteiger partial charge in [-0.1, -0.05) is 117 Å². The van der Waals surface area contributed by atoms with Crippen molar-refractivity contribution in [3.8, 4) is 33.4 Å². The summed E-state index contributed by atoms with van der Waals surface area (Å²) < 4.78 is 0. The molecule has 0 aliphatic heterocycles. The average molecular weight is 571 g/mol. The molecule has 0 spiro atoms. The van der Waals surface area contributed by atoms with Crippen LogP contribution >= 0.6 is 0 Å². The van der Waals surface area contributed by atoms with Crippen LogP contribution in [-0.2, 0) is 0 Å². The van der Waals surface area contributed by atoms with E-state index in [2.05, 4.69) is 168 Å². The van der Waals surface area contributed by atoms with E-state index >= 15 is 0 Å². The van der Waals surface area contributed by atoms with Gasteiger partial charge in [-0.15, -0.1) is 0 Å². The molecule has 0 heteroatoms. The number of hydrogen-bond acceptors (Lipinski definition) is 0. The third kappa shape index (κ3) is 5.90. The minimum atomic E-state index is 0.525. The van der Waals surface area contributed by atoms with E-state index in [1.165, 1.54) is 77.6 Å². The molecule has 0 N–H and O–H groups in total. The molecule has 0 saturated heterocycles. The number of rotatable bonds is 7. The zero-order chi connectivity index (χ0) is 30.6. The van der Waals surface area contributed by atoms with Gasteiger partial charge in [-0.3, -0.25) is 0 Å². The predicted octanol–water partition coefficient (Wildman–Crippen LogP) is 12.9. The normalized spacial score (nSPS) is 13.9. The second kappa shape index (κ2) is 12.9. The van der Waals surface area contributed by atoms with Gasteiger partial charge in [0.05, 0.1) is 0 Å². The molecule has 0 radical (unpaired) electrons. The highest BCUT2D eigenvalue weighted by Crippen LogP contribution is 2.38. The van der Waals surface area contributed by atoms with Crippen molar-refractivity contribution >= 4 is 21.9 Å². The second-order valence-electron chi connectivity index (χ2n) is 12.2. The average Bonchev–Trinajstić information content (AvgIpc) is 3.07. The first-order valence-corrected chi connectivity index (χ1v) is 16.0. The summed E-state index contributed by atoms with van der Waals surface area (Å²) in [4.78, 5) is 0. The molecule has 0 heterocycles. The Bertz CT molecular complexity index is 1940. The van der Waals surface area contributed by atoms with Crippen molar-refractivity contribution in [2.75, 3.05) is 0 Å². The zero-order valence-corrected chi connectivity index (χ0v) is 26.7. The van der Waals surface area contributed by atoms with Crippen molar-refractivity contribution in [2.45, 2.75) is 47.5 Å². The van der Waals surface area contributed by atoms with Gasteiger partial charge >= 0.3 is 0 Å². The zero-order valence-electron chi connectivity index (χ0n) is 26.7. The molecule has 5 aromatic rings. The van der Waals surface area contributed by atoms with Crippen LogP contribution < -0.4 is 0 Å². The summed E-state index contributed by atoms with van der Waals surface area (Å²) in [6, 6.07) is 38.3. The van der Waals surface area contributed by atoms with E-state index in [0.29, 0.717) is 5.92 Å². The quantitative estimate of drug-likeness (QED) is 0.171. The summed E-state index contributed by atoms with van der Waals surface area (Å²) in [7, 11) is 0. The van der Waals surface area contributed by atoms with Crippen LogP contribution in [0.4, 0.5) is 0 Å². The molecule has 44 heavy (non-hydrogen) atoms. The maximum atomic E-state index is 2.36. The topological polar surface area (TPSA) is 0 Å². The van der Waals surface area contributed by atoms with Crippen LogP contribution in [0.5, 0.6) is 0 Å². The number of fused-ring (bicyclic) bond motifs is 1. The second-order valence-corrected chi connectivity index (χ2v) is 12.2. The fourth-order valence-electron chi connectivity index (χ4n) is 6.68. The van der Waals surface area contributed by atoms with Crippen molar-refractivity contribution in [1.29, 1.82) is 0 Å². The molecule has 0 atom stereocenters. The number of allylic oxidation sites excluding steroid dienone is 8. The molecule has 0 unspecified atom stereocenters. The predicted molar refractivity (Wildman–Crippen MR) is 194 cm³/mol. The van der Waals surface area contributed by atoms with E-state index in [4.69, 9.17) is 0 Å². The van der Waals surface area contributed by atoms with E-state index in [9.17, 15) is 0 Å². The van der Waals surface area contributed by atoms with Crippen molar-refractivity contribution < 1.29 is 0 Å². The van der Waals surface area contributed by atoms with Gasteiger partial charge in [0, 0.05) is 0 Å². The lowest BCUT2D eigenvalue weighted by Gasteiger charge is -2.22. The maximum Gasteiger partial charge on any atom is -0.0148 e. The van der Waals surface area contributed by atoms with E-state index in [0.717, 1.165) is 12.8 Å². The molecule has 0 amide bonds. The van der Waals surface area contributed by atoms with E-state index in [1.807, 2.05) is 0 Å². The summed E-state index contributed by atoms with van der Waals surface area (Å²) in [6.45, 7) is 11.1. The minimum absolute atomic E-state index is 0.525. The van der Waals surface area contributed by atoms with Gasteiger partial charge in [0.1, 0.15) is 0 Å². The third-order valence-electron chi connectivity index (χ3n) is 9.00. The lowest BCUT2D eigenvalue weighted by Crippen LogP contribution is -2.03. The molecule has 0 saturated carbocycles. The van der Waals surface area contributed by atoms with Crippen LogP contribution in [0.25, 0.3) is 55.3 Å². The Kier molecular flexibility index (Phi) is 8.62. The highest BCUT2D eigenvalue weighted by atomic mass is 14.2. The fourth-order valence-corrected chi connectivity index (χ4v) is 6.68. The Morgan fingerprint density at radius 3 is 2.05 bits per heavy atom. The van der Waals surface area contributed by atoms with Gasteiger partial charge in [-0.2, -0.15) is 0 Å². The Morgan fingerprint density at radius 1 is 0.659 bits per heavy atom. The van der Waals surface area contributed by atoms with E-state index < -0.39 is 0 Å². The van der Waals surface area contributed by atoms with E-state index in [1.54, 1.807) is 0 Å². The Labute approximate surface area is 263 Å². The highest BCUT2D eigenvalue weighted by molar-refractivity contribution is 5.93. The smallest absolute Gasteiger partial charge is 0.0148 e. The summed E-state index contributed by atoms with van der Waals surface area (Å²) >= 11 is 0. The molecular weight excluding hydrogens is 528 g/mol. The number of hydrogen-bond donors (Lipinski definition) is 0. The van der Waals surface area contributed by atoms with Crippen LogP contribution in [-0.4, -0.2) is 0 Å². The fraction of sp³-hybridized carbons (Fsp3) is 0.182. The SMILES string of the molecule is C/C=C\C(=C/C)c1cc(-c2ccccc2)cc(-c2ccc3cc(-c4cccc(C5=C(C(C)C)C=CCC5)c4C)ccc3c2)c1. The summed E-state index contributed by atoms with van der Waals surface area (Å²) in [5.41, 5.74) is 15.8. The van der Waals surface area contributed by atoms with Crippen molar-refractivity contribution in [1.82, 2.24) is 0 Å². The third-order valence-corrected chi connectivity index (χ3v) is 9.00. The van der Waals surface area contributed by atoms with Gasteiger partial charge < -0.3 is 0 Å². The van der Waals surface area contributed by atoms with Gasteiger partial charge in [-0.05, 0) is 147 Å². The first-order valence-electron chi connectivity index (χ1n) is 16.0. The summed E-state index contributed by atoms with van der Waals surface area (Å²) in [5, 5.41) is 2.52. The number of benzene rings is 5. The molecule has 6 rings (SSSR count). The molecular formula is C44H42. The van der Waals surface area contributed by atoms with Crippen LogP contribution in [0.15, 0.2) is 139 Å². The lowest BCUT2D eigenvalue weighted by atomic mass is 9.83. The van der Waals surface area contributed by atoms with Gasteiger partial charge in [0.2, 0.25) is 0 Å². The minimum Gasteiger partial charge on any atom is -0.0871 e. The monoisotopic (exact) mass is 570 g/mol. The standard InChI is InChI=1S/C44H42/c1-6-14-32(7-2)38-27-39(33-15-9-8-10-16-33)29-40(28-38)36-22-21-35-26-37(24-23-34(35)25-36)42-19-13-20-43(31(42)5)44-18-12-11-17-41(44)30(3)4/h6-11,13-17,19-30H,12,18H2,1-5H3/b14-6-,32-7+. The first-order chi connectivity index (χ1) is 21.5. The van der Waals surface area contributed by atoms with E-state index in [-0.39, 0.29) is 0 Å². The van der Waals surface area contributed by atoms with Crippen LogP contribution in [0.2, 0.25) is 0 Å². The Balaban J connectivity index is 1.41. The Morgan fingerprint density at radius 2 is 1.34 bits per heavy atom. The molecule has 5 aromatic carbocycles. The largest absolute Gasteiger partial charge is 0.0871 e. The van der Waals surface area contributed by atoms with Crippen molar-refractivity contribution in [3.05, 3.63) is 156 Å². The van der Waals surface area contributed by atoms with Crippen LogP contribution in [0.1, 0.15) is 57.2 Å². The highest BCUT2D eigenvalue weighted by Gasteiger charge is 2.17. The Hall–Kier alpha value is -4.68. The van der Waals surface area contributed by atoms with Gasteiger partial charge in [-0.25, -0.2) is 0 Å². The molecule has 1 aliphatic carbocycles. The van der Waals surface area contributed by atoms with Gasteiger partial charge in [0.25, 0.3) is 0 Å². The molecule has 1 aliphatic rings. The first kappa shape index (κ1) is 29.4. The van der Waals surface area contributed by atoms with Crippen molar-refractivity contribution in [3.63, 3.8) is 0 Å². The molecule has 0 bridgehead atoms. The molecule has 218 valence electrons. The lowest BCUT2D eigenvalue weighted by molar-refractivity contribution is 0.780. The van der Waals surface area contributed by atoms with Crippen LogP contribution in [0.3, 0.4) is 0 Å².